The van der Waals surface area contributed by atoms with Crippen LogP contribution in [0.3, 0.4) is 0 Å². The van der Waals surface area contributed by atoms with Crippen LogP contribution in [0.15, 0.2) is 54.6 Å². The quantitative estimate of drug-likeness (QED) is 0.723. The first kappa shape index (κ1) is 22.7. The van der Waals surface area contributed by atoms with Crippen molar-refractivity contribution in [3.05, 3.63) is 65.7 Å². The fraction of sp³-hybridized carbons (Fsp3) is 0.391. The van der Waals surface area contributed by atoms with E-state index < -0.39 is 11.7 Å². The van der Waals surface area contributed by atoms with Crippen LogP contribution < -0.4 is 5.32 Å². The molecule has 0 atom stereocenters. The highest BCUT2D eigenvalue weighted by Gasteiger charge is 2.30. The average molecular weight is 433 g/mol. The molecule has 5 nitrogen and oxygen atoms in total. The molecule has 166 valence electrons. The zero-order chi connectivity index (χ0) is 22.3. The monoisotopic (exact) mass is 433 g/mol. The standard InChI is InChI=1S/C23H26F3N3O2/c24-23(25,26)19-9-5-10-20(16-19)27-17-22(31)29-14-12-28(13-15-29)21(30)11-4-8-18-6-2-1-3-7-18/h1-3,5-7,9-10,16,27H,4,8,11-15,17H2. The second-order valence-corrected chi connectivity index (χ2v) is 7.53. The normalized spacial score (nSPS) is 14.4. The summed E-state index contributed by atoms with van der Waals surface area (Å²) in [5.74, 6) is -0.112. The molecule has 8 heteroatoms. The van der Waals surface area contributed by atoms with Gasteiger partial charge in [0.15, 0.2) is 0 Å². The lowest BCUT2D eigenvalue weighted by atomic mass is 10.1. The number of hydrogen-bond acceptors (Lipinski definition) is 3. The van der Waals surface area contributed by atoms with Gasteiger partial charge in [0.25, 0.3) is 0 Å². The van der Waals surface area contributed by atoms with E-state index in [2.05, 4.69) is 5.32 Å². The second-order valence-electron chi connectivity index (χ2n) is 7.53. The third-order valence-electron chi connectivity index (χ3n) is 5.32. The first-order chi connectivity index (χ1) is 14.8. The molecule has 0 unspecified atom stereocenters. The number of piperazine rings is 1. The molecule has 0 aromatic heterocycles. The Balaban J connectivity index is 1.39. The number of carbonyl (C=O) groups excluding carboxylic acids is 2. The van der Waals surface area contributed by atoms with Crippen molar-refractivity contribution in [1.82, 2.24) is 9.80 Å². The van der Waals surface area contributed by atoms with Gasteiger partial charge < -0.3 is 15.1 Å². The number of halogens is 3. The predicted molar refractivity (Wildman–Crippen MR) is 112 cm³/mol. The number of alkyl halides is 3. The Kier molecular flexibility index (Phi) is 7.55. The van der Waals surface area contributed by atoms with Crippen LogP contribution in [0, 0.1) is 0 Å². The summed E-state index contributed by atoms with van der Waals surface area (Å²) in [6.07, 6.45) is -2.32. The van der Waals surface area contributed by atoms with Crippen molar-refractivity contribution in [3.8, 4) is 0 Å². The Morgan fingerprint density at radius 3 is 2.16 bits per heavy atom. The molecule has 3 rings (SSSR count). The fourth-order valence-corrected chi connectivity index (χ4v) is 3.55. The summed E-state index contributed by atoms with van der Waals surface area (Å²) in [5, 5.41) is 2.76. The lowest BCUT2D eigenvalue weighted by molar-refractivity contribution is -0.138. The van der Waals surface area contributed by atoms with Crippen LogP contribution in [0.5, 0.6) is 0 Å². The van der Waals surface area contributed by atoms with E-state index in [9.17, 15) is 22.8 Å². The average Bonchev–Trinajstić information content (AvgIpc) is 2.78. The Morgan fingerprint density at radius 2 is 1.52 bits per heavy atom. The Morgan fingerprint density at radius 1 is 0.871 bits per heavy atom. The summed E-state index contributed by atoms with van der Waals surface area (Å²) in [6.45, 7) is 1.70. The Hall–Kier alpha value is -3.03. The molecule has 2 aromatic carbocycles. The molecule has 0 spiro atoms. The summed E-state index contributed by atoms with van der Waals surface area (Å²) in [6, 6.07) is 14.8. The van der Waals surface area contributed by atoms with Crippen LogP contribution in [0.4, 0.5) is 18.9 Å². The lowest BCUT2D eigenvalue weighted by Gasteiger charge is -2.35. The predicted octanol–water partition coefficient (Wildman–Crippen LogP) is 3.81. The minimum atomic E-state index is -4.42. The van der Waals surface area contributed by atoms with Crippen molar-refractivity contribution in [1.29, 1.82) is 0 Å². The van der Waals surface area contributed by atoms with Crippen LogP contribution >= 0.6 is 0 Å². The molecule has 1 N–H and O–H groups in total. The lowest BCUT2D eigenvalue weighted by Crippen LogP contribution is -2.51. The maximum atomic E-state index is 12.8. The van der Waals surface area contributed by atoms with Crippen molar-refractivity contribution in [2.45, 2.75) is 25.4 Å². The van der Waals surface area contributed by atoms with Crippen LogP contribution in [-0.4, -0.2) is 54.3 Å². The van der Waals surface area contributed by atoms with Crippen molar-refractivity contribution < 1.29 is 22.8 Å². The molecule has 31 heavy (non-hydrogen) atoms. The van der Waals surface area contributed by atoms with E-state index in [1.165, 1.54) is 17.7 Å². The first-order valence-electron chi connectivity index (χ1n) is 10.3. The van der Waals surface area contributed by atoms with Crippen molar-refractivity contribution in [2.75, 3.05) is 38.0 Å². The Bertz CT molecular complexity index is 879. The van der Waals surface area contributed by atoms with Crippen molar-refractivity contribution in [2.24, 2.45) is 0 Å². The zero-order valence-electron chi connectivity index (χ0n) is 17.2. The summed E-state index contributed by atoms with van der Waals surface area (Å²) in [7, 11) is 0. The SMILES string of the molecule is O=C(CCCc1ccccc1)N1CCN(C(=O)CNc2cccc(C(F)(F)F)c2)CC1. The molecular formula is C23H26F3N3O2. The highest BCUT2D eigenvalue weighted by atomic mass is 19.4. The zero-order valence-corrected chi connectivity index (χ0v) is 17.2. The first-order valence-corrected chi connectivity index (χ1v) is 10.3. The molecule has 2 amide bonds. The molecule has 0 bridgehead atoms. The summed E-state index contributed by atoms with van der Waals surface area (Å²) >= 11 is 0. The van der Waals surface area contributed by atoms with Gasteiger partial charge in [0, 0.05) is 38.3 Å². The van der Waals surface area contributed by atoms with Gasteiger partial charge in [-0.1, -0.05) is 36.4 Å². The largest absolute Gasteiger partial charge is 0.416 e. The molecule has 1 fully saturated rings. The highest BCUT2D eigenvalue weighted by Crippen LogP contribution is 2.30. The van der Waals surface area contributed by atoms with E-state index in [-0.39, 0.29) is 24.0 Å². The van der Waals surface area contributed by atoms with E-state index in [0.29, 0.717) is 32.6 Å². The number of rotatable bonds is 7. The summed E-state index contributed by atoms with van der Waals surface area (Å²) in [4.78, 5) is 28.2. The number of benzene rings is 2. The van der Waals surface area contributed by atoms with Crippen LogP contribution in [-0.2, 0) is 22.2 Å². The van der Waals surface area contributed by atoms with Gasteiger partial charge in [0.1, 0.15) is 0 Å². The van der Waals surface area contributed by atoms with E-state index in [4.69, 9.17) is 0 Å². The van der Waals surface area contributed by atoms with Gasteiger partial charge in [-0.3, -0.25) is 9.59 Å². The highest BCUT2D eigenvalue weighted by molar-refractivity contribution is 5.81. The maximum Gasteiger partial charge on any atom is 0.416 e. The topological polar surface area (TPSA) is 52.7 Å². The second kappa shape index (κ2) is 10.3. The number of amides is 2. The molecule has 0 radical (unpaired) electrons. The van der Waals surface area contributed by atoms with E-state index in [1.807, 2.05) is 30.3 Å². The van der Waals surface area contributed by atoms with Gasteiger partial charge in [-0.15, -0.1) is 0 Å². The third kappa shape index (κ3) is 6.73. The molecule has 0 saturated carbocycles. The number of hydrogen-bond donors (Lipinski definition) is 1. The molecule has 1 heterocycles. The minimum absolute atomic E-state index is 0.0881. The van der Waals surface area contributed by atoms with Gasteiger partial charge in [-0.2, -0.15) is 13.2 Å². The van der Waals surface area contributed by atoms with Crippen LogP contribution in [0.1, 0.15) is 24.0 Å². The molecule has 1 aliphatic heterocycles. The van der Waals surface area contributed by atoms with E-state index >= 15 is 0 Å². The number of carbonyl (C=O) groups is 2. The van der Waals surface area contributed by atoms with Gasteiger partial charge in [-0.25, -0.2) is 0 Å². The molecule has 0 aliphatic carbocycles. The van der Waals surface area contributed by atoms with Crippen LogP contribution in [0.25, 0.3) is 0 Å². The van der Waals surface area contributed by atoms with Gasteiger partial charge in [0.2, 0.25) is 11.8 Å². The number of anilines is 1. The molecule has 1 saturated heterocycles. The molecular weight excluding hydrogens is 407 g/mol. The van der Waals surface area contributed by atoms with Gasteiger partial charge >= 0.3 is 6.18 Å². The molecule has 2 aromatic rings. The fourth-order valence-electron chi connectivity index (χ4n) is 3.55. The maximum absolute atomic E-state index is 12.8. The van der Waals surface area contributed by atoms with Gasteiger partial charge in [0.05, 0.1) is 12.1 Å². The third-order valence-corrected chi connectivity index (χ3v) is 5.32. The smallest absolute Gasteiger partial charge is 0.376 e. The molecule has 1 aliphatic rings. The Labute approximate surface area is 179 Å². The van der Waals surface area contributed by atoms with Crippen molar-refractivity contribution >= 4 is 17.5 Å². The van der Waals surface area contributed by atoms with E-state index in [0.717, 1.165) is 25.0 Å². The minimum Gasteiger partial charge on any atom is -0.376 e. The number of aryl methyl sites for hydroxylation is 1. The number of nitrogens with zero attached hydrogens (tertiary/aromatic N) is 2. The van der Waals surface area contributed by atoms with Crippen molar-refractivity contribution in [3.63, 3.8) is 0 Å². The summed E-state index contributed by atoms with van der Waals surface area (Å²) < 4.78 is 38.4. The summed E-state index contributed by atoms with van der Waals surface area (Å²) in [5.41, 5.74) is 0.693. The van der Waals surface area contributed by atoms with Gasteiger partial charge in [-0.05, 0) is 36.6 Å². The van der Waals surface area contributed by atoms with E-state index in [1.54, 1.807) is 9.80 Å². The van der Waals surface area contributed by atoms with Crippen LogP contribution in [0.2, 0.25) is 0 Å². The number of nitrogens with one attached hydrogen (secondary N) is 1.